The van der Waals surface area contributed by atoms with E-state index in [0.29, 0.717) is 18.9 Å². The minimum atomic E-state index is -0.974. The summed E-state index contributed by atoms with van der Waals surface area (Å²) < 4.78 is 31.9. The van der Waals surface area contributed by atoms with Gasteiger partial charge in [0.1, 0.15) is 30.0 Å². The van der Waals surface area contributed by atoms with E-state index in [1.165, 1.54) is 36.4 Å². The van der Waals surface area contributed by atoms with Gasteiger partial charge in [0.25, 0.3) is 11.8 Å². The van der Waals surface area contributed by atoms with Crippen LogP contribution in [0.25, 0.3) is 0 Å². The SMILES string of the molecule is C=C/C(=C\C=C(/CF)Oc1cc(O[C@@H](C)CO)cc(C(=O)Nc2ccn(C)n2)c1)C(=O)N1CC(OC)C1. The molecule has 2 amide bonds. The van der Waals surface area contributed by atoms with Gasteiger partial charge in [-0.1, -0.05) is 12.7 Å². The average molecular weight is 515 g/mol. The first-order chi connectivity index (χ1) is 17.8. The number of rotatable bonds is 12. The Hall–Kier alpha value is -3.96. The Balaban J connectivity index is 1.82. The molecule has 1 aromatic carbocycles. The van der Waals surface area contributed by atoms with Crippen LogP contribution >= 0.6 is 0 Å². The van der Waals surface area contributed by atoms with Crippen molar-refractivity contribution in [2.45, 2.75) is 19.1 Å². The zero-order chi connectivity index (χ0) is 26.9. The number of aliphatic hydroxyl groups is 1. The second kappa shape index (κ2) is 12.8. The summed E-state index contributed by atoms with van der Waals surface area (Å²) in [5.74, 6) is -0.122. The fourth-order valence-electron chi connectivity index (χ4n) is 3.37. The molecule has 0 aliphatic carbocycles. The van der Waals surface area contributed by atoms with E-state index in [4.69, 9.17) is 14.2 Å². The van der Waals surface area contributed by atoms with Crippen molar-refractivity contribution >= 4 is 17.6 Å². The van der Waals surface area contributed by atoms with Gasteiger partial charge in [-0.15, -0.1) is 0 Å². The lowest BCUT2D eigenvalue weighted by molar-refractivity contribution is -0.138. The summed E-state index contributed by atoms with van der Waals surface area (Å²) in [7, 11) is 3.30. The maximum atomic E-state index is 13.8. The molecule has 10 nitrogen and oxygen atoms in total. The van der Waals surface area contributed by atoms with Crippen LogP contribution in [0.15, 0.2) is 66.6 Å². The van der Waals surface area contributed by atoms with Crippen molar-refractivity contribution in [2.75, 3.05) is 38.8 Å². The molecule has 2 N–H and O–H groups in total. The van der Waals surface area contributed by atoms with Gasteiger partial charge in [0.2, 0.25) is 0 Å². The first kappa shape index (κ1) is 27.6. The van der Waals surface area contributed by atoms with E-state index in [9.17, 15) is 19.1 Å². The minimum Gasteiger partial charge on any atom is -0.488 e. The number of nitrogens with zero attached hydrogens (tertiary/aromatic N) is 3. The van der Waals surface area contributed by atoms with Gasteiger partial charge in [-0.25, -0.2) is 4.39 Å². The predicted octanol–water partition coefficient (Wildman–Crippen LogP) is 2.63. The van der Waals surface area contributed by atoms with Crippen molar-refractivity contribution < 1.29 is 33.3 Å². The summed E-state index contributed by atoms with van der Waals surface area (Å²) in [6, 6.07) is 6.01. The topological polar surface area (TPSA) is 115 Å². The number of aryl methyl sites for hydroxylation is 1. The van der Waals surface area contributed by atoms with E-state index in [1.807, 2.05) is 0 Å². The number of halogens is 1. The van der Waals surface area contributed by atoms with Gasteiger partial charge in [-0.2, -0.15) is 5.10 Å². The van der Waals surface area contributed by atoms with Crippen molar-refractivity contribution in [3.63, 3.8) is 0 Å². The summed E-state index contributed by atoms with van der Waals surface area (Å²) in [6.45, 7) is 5.04. The number of allylic oxidation sites excluding steroid dienone is 3. The summed E-state index contributed by atoms with van der Waals surface area (Å²) in [5.41, 5.74) is 0.442. The molecule has 1 fully saturated rings. The van der Waals surface area contributed by atoms with E-state index in [-0.39, 0.29) is 47.0 Å². The molecule has 1 aromatic heterocycles. The molecule has 0 saturated carbocycles. The monoisotopic (exact) mass is 514 g/mol. The number of benzene rings is 1. The van der Waals surface area contributed by atoms with Crippen molar-refractivity contribution in [1.82, 2.24) is 14.7 Å². The molecule has 0 radical (unpaired) electrons. The first-order valence-corrected chi connectivity index (χ1v) is 11.6. The van der Waals surface area contributed by atoms with Crippen molar-refractivity contribution in [3.8, 4) is 11.5 Å². The Bertz CT molecular complexity index is 1190. The zero-order valence-electron chi connectivity index (χ0n) is 21.0. The van der Waals surface area contributed by atoms with Gasteiger partial charge >= 0.3 is 0 Å². The molecule has 1 atom stereocenters. The standard InChI is InChI=1S/C26H31FN4O6/c1-5-18(26(34)31-14-23(15-31)35-4)6-7-20(13-27)37-22-11-19(10-21(12-22)36-17(2)16-32)25(33)28-24-8-9-30(3)29-24/h5-12,17,23,32H,1,13-16H2,2-4H3,(H,28,29,33)/b18-6+,20-7+/t17-/m0/s1. The number of hydrogen-bond acceptors (Lipinski definition) is 7. The number of likely N-dealkylation sites (tertiary alicyclic amines) is 1. The highest BCUT2D eigenvalue weighted by Crippen LogP contribution is 2.26. The van der Waals surface area contributed by atoms with Crippen LogP contribution in [0, 0.1) is 0 Å². The number of amides is 2. The number of anilines is 1. The summed E-state index contributed by atoms with van der Waals surface area (Å²) in [4.78, 5) is 27.0. The van der Waals surface area contributed by atoms with Crippen LogP contribution in [0.4, 0.5) is 10.2 Å². The molecule has 1 aliphatic heterocycles. The highest BCUT2D eigenvalue weighted by molar-refractivity contribution is 6.04. The Morgan fingerprint density at radius 2 is 2.03 bits per heavy atom. The lowest BCUT2D eigenvalue weighted by Gasteiger charge is -2.38. The maximum absolute atomic E-state index is 13.8. The Labute approximate surface area is 214 Å². The molecule has 1 saturated heterocycles. The quantitative estimate of drug-likeness (QED) is 0.254. The Kier molecular flexibility index (Phi) is 9.58. The number of nitrogens with one attached hydrogen (secondary N) is 1. The smallest absolute Gasteiger partial charge is 0.257 e. The maximum Gasteiger partial charge on any atom is 0.257 e. The molecule has 0 unspecified atom stereocenters. The molecule has 198 valence electrons. The van der Waals surface area contributed by atoms with Crippen molar-refractivity contribution in [3.05, 3.63) is 72.2 Å². The fraction of sp³-hybridized carbons (Fsp3) is 0.346. The number of aromatic nitrogens is 2. The third kappa shape index (κ3) is 7.51. The number of aliphatic hydroxyl groups excluding tert-OH is 1. The number of hydrogen-bond donors (Lipinski definition) is 2. The molecule has 11 heteroatoms. The highest BCUT2D eigenvalue weighted by atomic mass is 19.1. The van der Waals surface area contributed by atoms with E-state index in [1.54, 1.807) is 42.9 Å². The van der Waals surface area contributed by atoms with Gasteiger partial charge in [-0.3, -0.25) is 14.3 Å². The zero-order valence-corrected chi connectivity index (χ0v) is 21.0. The van der Waals surface area contributed by atoms with Crippen molar-refractivity contribution in [2.24, 2.45) is 7.05 Å². The largest absolute Gasteiger partial charge is 0.488 e. The number of alkyl halides is 1. The second-order valence-corrected chi connectivity index (χ2v) is 8.40. The lowest BCUT2D eigenvalue weighted by Crippen LogP contribution is -2.54. The van der Waals surface area contributed by atoms with Gasteiger partial charge < -0.3 is 29.5 Å². The summed E-state index contributed by atoms with van der Waals surface area (Å²) in [6.07, 6.45) is 5.27. The van der Waals surface area contributed by atoms with Gasteiger partial charge in [0.05, 0.1) is 12.7 Å². The normalized spacial score (nSPS) is 15.1. The molecule has 2 aromatic rings. The van der Waals surface area contributed by atoms with Crippen LogP contribution in [-0.2, 0) is 16.6 Å². The molecular weight excluding hydrogens is 483 g/mol. The number of carbonyl (C=O) groups is 2. The second-order valence-electron chi connectivity index (χ2n) is 8.40. The van der Waals surface area contributed by atoms with Crippen LogP contribution in [-0.4, -0.2) is 77.3 Å². The Morgan fingerprint density at radius 3 is 2.62 bits per heavy atom. The predicted molar refractivity (Wildman–Crippen MR) is 135 cm³/mol. The molecule has 37 heavy (non-hydrogen) atoms. The van der Waals surface area contributed by atoms with E-state index >= 15 is 0 Å². The molecule has 1 aliphatic rings. The van der Waals surface area contributed by atoms with E-state index < -0.39 is 18.7 Å². The lowest BCUT2D eigenvalue weighted by atomic mass is 10.1. The van der Waals surface area contributed by atoms with Crippen LogP contribution < -0.4 is 14.8 Å². The minimum absolute atomic E-state index is 0.00223. The molecule has 3 rings (SSSR count). The third-order valence-electron chi connectivity index (χ3n) is 5.46. The third-order valence-corrected chi connectivity index (χ3v) is 5.46. The number of ether oxygens (including phenoxy) is 3. The molecule has 0 spiro atoms. The fourth-order valence-corrected chi connectivity index (χ4v) is 3.37. The van der Waals surface area contributed by atoms with E-state index in [0.717, 1.165) is 0 Å². The summed E-state index contributed by atoms with van der Waals surface area (Å²) >= 11 is 0. The van der Waals surface area contributed by atoms with Crippen LogP contribution in [0.3, 0.4) is 0 Å². The molecule has 2 heterocycles. The van der Waals surface area contributed by atoms with Gasteiger partial charge in [-0.05, 0) is 31.2 Å². The Morgan fingerprint density at radius 1 is 1.30 bits per heavy atom. The molecule has 0 bridgehead atoms. The number of methoxy groups -OCH3 is 1. The van der Waals surface area contributed by atoms with Gasteiger partial charge in [0.15, 0.2) is 5.82 Å². The van der Waals surface area contributed by atoms with Crippen LogP contribution in [0.1, 0.15) is 17.3 Å². The highest BCUT2D eigenvalue weighted by Gasteiger charge is 2.31. The van der Waals surface area contributed by atoms with Gasteiger partial charge in [0, 0.05) is 56.7 Å². The first-order valence-electron chi connectivity index (χ1n) is 11.6. The average Bonchev–Trinajstić information content (AvgIpc) is 3.26. The summed E-state index contributed by atoms with van der Waals surface area (Å²) in [5, 5.41) is 16.1. The molecular formula is C26H31FN4O6. The van der Waals surface area contributed by atoms with Crippen LogP contribution in [0.2, 0.25) is 0 Å². The van der Waals surface area contributed by atoms with Crippen molar-refractivity contribution in [1.29, 1.82) is 0 Å². The number of carbonyl (C=O) groups excluding carboxylic acids is 2. The van der Waals surface area contributed by atoms with E-state index in [2.05, 4.69) is 17.0 Å². The van der Waals surface area contributed by atoms with Crippen LogP contribution in [0.5, 0.6) is 11.5 Å².